The van der Waals surface area contributed by atoms with Gasteiger partial charge in [0, 0.05) is 6.04 Å². The number of hydrogen-bond donors (Lipinski definition) is 1. The molecule has 1 heteroatoms. The van der Waals surface area contributed by atoms with Crippen LogP contribution in [0.3, 0.4) is 0 Å². The molecule has 3 atom stereocenters. The molecule has 1 saturated heterocycles. The van der Waals surface area contributed by atoms with Crippen molar-refractivity contribution in [3.05, 3.63) is 35.9 Å². The van der Waals surface area contributed by atoms with Crippen molar-refractivity contribution in [2.75, 3.05) is 6.54 Å². The van der Waals surface area contributed by atoms with Gasteiger partial charge >= 0.3 is 0 Å². The third-order valence-electron chi connectivity index (χ3n) is 4.84. The van der Waals surface area contributed by atoms with Gasteiger partial charge < -0.3 is 5.32 Å². The zero-order valence-electron chi connectivity index (χ0n) is 10.8. The summed E-state index contributed by atoms with van der Waals surface area (Å²) in [6, 6.07) is 11.7. The molecule has 92 valence electrons. The lowest BCUT2D eigenvalue weighted by atomic mass is 9.64. The molecule has 3 rings (SSSR count). The van der Waals surface area contributed by atoms with Crippen molar-refractivity contribution >= 4 is 0 Å². The highest BCUT2D eigenvalue weighted by Crippen LogP contribution is 2.52. The number of rotatable bonds is 1. The lowest BCUT2D eigenvalue weighted by Crippen LogP contribution is -2.33. The lowest BCUT2D eigenvalue weighted by Gasteiger charge is -2.41. The van der Waals surface area contributed by atoms with Gasteiger partial charge in [0.1, 0.15) is 0 Å². The Morgan fingerprint density at radius 3 is 2.76 bits per heavy atom. The first-order valence-electron chi connectivity index (χ1n) is 7.08. The standard InChI is InChI=1S/C16H23N/c1-13-6-5-9-16(12-13)10-11-17-15(16)14-7-3-2-4-8-14/h2-4,7-8,13,15,17H,5-6,9-12H2,1H3. The first-order valence-corrected chi connectivity index (χ1v) is 7.08. The molecule has 1 N–H and O–H groups in total. The maximum atomic E-state index is 3.75. The van der Waals surface area contributed by atoms with E-state index in [0.717, 1.165) is 5.92 Å². The molecule has 0 radical (unpaired) electrons. The summed E-state index contributed by atoms with van der Waals surface area (Å²) in [4.78, 5) is 0. The Labute approximate surface area is 105 Å². The molecule has 1 spiro atoms. The Morgan fingerprint density at radius 1 is 1.18 bits per heavy atom. The van der Waals surface area contributed by atoms with E-state index in [9.17, 15) is 0 Å². The number of hydrogen-bond acceptors (Lipinski definition) is 1. The predicted molar refractivity (Wildman–Crippen MR) is 71.9 cm³/mol. The van der Waals surface area contributed by atoms with E-state index in [1.807, 2.05) is 0 Å². The first kappa shape index (κ1) is 11.3. The third-order valence-corrected chi connectivity index (χ3v) is 4.84. The molecule has 3 unspecified atom stereocenters. The van der Waals surface area contributed by atoms with E-state index >= 15 is 0 Å². The molecule has 1 aliphatic carbocycles. The van der Waals surface area contributed by atoms with E-state index < -0.39 is 0 Å². The van der Waals surface area contributed by atoms with Crippen molar-refractivity contribution in [2.45, 2.75) is 45.1 Å². The van der Waals surface area contributed by atoms with Crippen LogP contribution in [0, 0.1) is 11.3 Å². The minimum atomic E-state index is 0.555. The van der Waals surface area contributed by atoms with Gasteiger partial charge in [-0.25, -0.2) is 0 Å². The van der Waals surface area contributed by atoms with Gasteiger partial charge in [0.25, 0.3) is 0 Å². The highest BCUT2D eigenvalue weighted by Gasteiger charge is 2.45. The highest BCUT2D eigenvalue weighted by atomic mass is 15.0. The summed E-state index contributed by atoms with van der Waals surface area (Å²) in [5.74, 6) is 0.912. The number of benzene rings is 1. The average molecular weight is 229 g/mol. The fraction of sp³-hybridized carbons (Fsp3) is 0.625. The minimum absolute atomic E-state index is 0.555. The molecule has 1 heterocycles. The molecular formula is C16H23N. The Balaban J connectivity index is 1.89. The molecule has 17 heavy (non-hydrogen) atoms. The smallest absolute Gasteiger partial charge is 0.0377 e. The fourth-order valence-electron chi connectivity index (χ4n) is 4.13. The van der Waals surface area contributed by atoms with Crippen molar-refractivity contribution in [3.8, 4) is 0 Å². The molecular weight excluding hydrogens is 206 g/mol. The molecule has 0 aromatic heterocycles. The topological polar surface area (TPSA) is 12.0 Å². The van der Waals surface area contributed by atoms with Crippen molar-refractivity contribution in [1.29, 1.82) is 0 Å². The molecule has 0 bridgehead atoms. The van der Waals surface area contributed by atoms with Crippen molar-refractivity contribution in [2.24, 2.45) is 11.3 Å². The van der Waals surface area contributed by atoms with Crippen molar-refractivity contribution in [3.63, 3.8) is 0 Å². The summed E-state index contributed by atoms with van der Waals surface area (Å²) in [6.07, 6.45) is 7.07. The molecule has 2 fully saturated rings. The normalized spacial score (nSPS) is 37.5. The first-order chi connectivity index (χ1) is 8.30. The summed E-state index contributed by atoms with van der Waals surface area (Å²) in [6.45, 7) is 3.63. The van der Waals surface area contributed by atoms with Gasteiger partial charge in [0.15, 0.2) is 0 Å². The molecule has 1 aromatic rings. The van der Waals surface area contributed by atoms with Gasteiger partial charge in [-0.15, -0.1) is 0 Å². The monoisotopic (exact) mass is 229 g/mol. The minimum Gasteiger partial charge on any atom is -0.309 e. The van der Waals surface area contributed by atoms with Gasteiger partial charge in [-0.05, 0) is 42.7 Å². The fourth-order valence-corrected chi connectivity index (χ4v) is 4.13. The Kier molecular flexibility index (Phi) is 2.96. The van der Waals surface area contributed by atoms with Crippen LogP contribution in [0.5, 0.6) is 0 Å². The summed E-state index contributed by atoms with van der Waals surface area (Å²) < 4.78 is 0. The van der Waals surface area contributed by atoms with Gasteiger partial charge in [-0.1, -0.05) is 50.1 Å². The SMILES string of the molecule is CC1CCCC2(CCNC2c2ccccc2)C1. The quantitative estimate of drug-likeness (QED) is 0.769. The molecule has 1 aromatic carbocycles. The van der Waals surface area contributed by atoms with E-state index in [1.165, 1.54) is 44.2 Å². The van der Waals surface area contributed by atoms with Gasteiger partial charge in [0.05, 0.1) is 0 Å². The molecule has 1 saturated carbocycles. The molecule has 1 nitrogen and oxygen atoms in total. The van der Waals surface area contributed by atoms with Crippen molar-refractivity contribution in [1.82, 2.24) is 5.32 Å². The Bertz CT molecular complexity index is 372. The van der Waals surface area contributed by atoms with Crippen LogP contribution in [0.15, 0.2) is 30.3 Å². The zero-order valence-corrected chi connectivity index (χ0v) is 10.8. The summed E-state index contributed by atoms with van der Waals surface area (Å²) in [5, 5.41) is 3.75. The number of nitrogens with one attached hydrogen (secondary N) is 1. The van der Waals surface area contributed by atoms with Crippen LogP contribution in [0.4, 0.5) is 0 Å². The maximum Gasteiger partial charge on any atom is 0.0377 e. The van der Waals surface area contributed by atoms with Gasteiger partial charge in [-0.3, -0.25) is 0 Å². The second kappa shape index (κ2) is 4.45. The Hall–Kier alpha value is -0.820. The van der Waals surface area contributed by atoms with E-state index in [4.69, 9.17) is 0 Å². The average Bonchev–Trinajstić information content (AvgIpc) is 2.73. The van der Waals surface area contributed by atoms with Crippen LogP contribution >= 0.6 is 0 Å². The van der Waals surface area contributed by atoms with Crippen LogP contribution in [0.25, 0.3) is 0 Å². The van der Waals surface area contributed by atoms with Crippen molar-refractivity contribution < 1.29 is 0 Å². The molecule has 0 amide bonds. The maximum absolute atomic E-state index is 3.75. The van der Waals surface area contributed by atoms with Gasteiger partial charge in [-0.2, -0.15) is 0 Å². The largest absolute Gasteiger partial charge is 0.309 e. The van der Waals surface area contributed by atoms with E-state index in [1.54, 1.807) is 0 Å². The van der Waals surface area contributed by atoms with Crippen LogP contribution in [-0.2, 0) is 0 Å². The Morgan fingerprint density at radius 2 is 2.00 bits per heavy atom. The molecule has 1 aliphatic heterocycles. The van der Waals surface area contributed by atoms with E-state index in [0.29, 0.717) is 11.5 Å². The zero-order chi connectivity index (χ0) is 11.7. The second-order valence-electron chi connectivity index (χ2n) is 6.11. The van der Waals surface area contributed by atoms with Crippen LogP contribution in [0.1, 0.15) is 50.6 Å². The van der Waals surface area contributed by atoms with Crippen LogP contribution in [0.2, 0.25) is 0 Å². The van der Waals surface area contributed by atoms with Gasteiger partial charge in [0.2, 0.25) is 0 Å². The molecule has 2 aliphatic rings. The van der Waals surface area contributed by atoms with Crippen LogP contribution in [-0.4, -0.2) is 6.54 Å². The van der Waals surface area contributed by atoms with E-state index in [-0.39, 0.29) is 0 Å². The summed E-state index contributed by atoms with van der Waals surface area (Å²) in [7, 11) is 0. The summed E-state index contributed by atoms with van der Waals surface area (Å²) >= 11 is 0. The van der Waals surface area contributed by atoms with E-state index in [2.05, 4.69) is 42.6 Å². The van der Waals surface area contributed by atoms with Crippen LogP contribution < -0.4 is 5.32 Å². The highest BCUT2D eigenvalue weighted by molar-refractivity contribution is 5.23. The third kappa shape index (κ3) is 2.01. The second-order valence-corrected chi connectivity index (χ2v) is 6.11. The predicted octanol–water partition coefficient (Wildman–Crippen LogP) is 3.92. The summed E-state index contributed by atoms with van der Waals surface area (Å²) in [5.41, 5.74) is 2.05. The lowest BCUT2D eigenvalue weighted by molar-refractivity contribution is 0.126.